The monoisotopic (exact) mass is 847 g/mol. The molecule has 4 aromatic heterocycles. The van der Waals surface area contributed by atoms with E-state index in [9.17, 15) is 23.2 Å². The van der Waals surface area contributed by atoms with Crippen molar-refractivity contribution in [1.29, 1.82) is 0 Å². The van der Waals surface area contributed by atoms with Crippen LogP contribution in [0.4, 0.5) is 30.8 Å². The summed E-state index contributed by atoms with van der Waals surface area (Å²) in [5.74, 6) is 6.73. The molecule has 0 radical (unpaired) electrons. The van der Waals surface area contributed by atoms with Crippen LogP contribution in [0.15, 0.2) is 55.2 Å². The molecule has 5 aromatic rings. The third-order valence-electron chi connectivity index (χ3n) is 13.0. The topological polar surface area (TPSA) is 164 Å². The van der Waals surface area contributed by atoms with Crippen molar-refractivity contribution >= 4 is 51.5 Å². The first-order chi connectivity index (χ1) is 30.2. The van der Waals surface area contributed by atoms with Gasteiger partial charge in [0, 0.05) is 74.1 Å². The molecular formula is C44H47F2N11O5. The number of imide groups is 1. The molecule has 5 fully saturated rings. The Bertz CT molecular complexity index is 2570. The van der Waals surface area contributed by atoms with Gasteiger partial charge in [-0.3, -0.25) is 29.5 Å². The lowest BCUT2D eigenvalue weighted by Gasteiger charge is -2.36. The van der Waals surface area contributed by atoms with Gasteiger partial charge in [0.1, 0.15) is 18.0 Å². The van der Waals surface area contributed by atoms with Crippen LogP contribution < -0.4 is 20.4 Å². The number of halogens is 2. The molecule has 2 atom stereocenters. The molecule has 322 valence electrons. The summed E-state index contributed by atoms with van der Waals surface area (Å²) in [5.41, 5.74) is 1.59. The van der Waals surface area contributed by atoms with Crippen molar-refractivity contribution in [3.63, 3.8) is 0 Å². The third kappa shape index (κ3) is 8.19. The zero-order valence-corrected chi connectivity index (χ0v) is 34.1. The van der Waals surface area contributed by atoms with Crippen LogP contribution in [-0.2, 0) is 14.3 Å². The van der Waals surface area contributed by atoms with E-state index in [1.54, 1.807) is 29.5 Å². The van der Waals surface area contributed by atoms with Crippen LogP contribution in [0.1, 0.15) is 85.4 Å². The molecule has 1 saturated carbocycles. The fourth-order valence-electron chi connectivity index (χ4n) is 9.66. The number of morpholine rings is 1. The Hall–Kier alpha value is -6.03. The summed E-state index contributed by atoms with van der Waals surface area (Å²) in [6.07, 6.45) is 12.2. The maximum absolute atomic E-state index is 14.3. The summed E-state index contributed by atoms with van der Waals surface area (Å²) in [5, 5.41) is 15.3. The number of nitrogens with zero attached hydrogens (tertiary/aromatic N) is 9. The van der Waals surface area contributed by atoms with E-state index in [0.29, 0.717) is 37.0 Å². The van der Waals surface area contributed by atoms with Gasteiger partial charge in [0.25, 0.3) is 12.3 Å². The number of likely N-dealkylation sites (tertiary alicyclic amines) is 1. The van der Waals surface area contributed by atoms with Crippen molar-refractivity contribution in [2.24, 2.45) is 5.92 Å². The molecule has 1 aliphatic carbocycles. The lowest BCUT2D eigenvalue weighted by atomic mass is 9.85. The third-order valence-corrected chi connectivity index (χ3v) is 13.0. The number of alkyl halides is 2. The average molecular weight is 848 g/mol. The van der Waals surface area contributed by atoms with Crippen molar-refractivity contribution in [2.45, 2.75) is 82.1 Å². The molecule has 1 aromatic carbocycles. The molecule has 62 heavy (non-hydrogen) atoms. The highest BCUT2D eigenvalue weighted by Gasteiger charge is 2.40. The molecule has 4 saturated heterocycles. The van der Waals surface area contributed by atoms with Crippen LogP contribution in [-0.4, -0.2) is 116 Å². The van der Waals surface area contributed by atoms with Crippen LogP contribution >= 0.6 is 0 Å². The molecule has 5 aliphatic rings. The number of urea groups is 1. The van der Waals surface area contributed by atoms with E-state index in [1.165, 1.54) is 15.6 Å². The number of ether oxygens (including phenoxy) is 2. The fourth-order valence-corrected chi connectivity index (χ4v) is 9.66. The van der Waals surface area contributed by atoms with E-state index >= 15 is 0 Å². The van der Waals surface area contributed by atoms with Gasteiger partial charge in [-0.2, -0.15) is 10.2 Å². The number of aromatic nitrogens is 6. The van der Waals surface area contributed by atoms with Crippen molar-refractivity contribution in [1.82, 2.24) is 39.6 Å². The highest BCUT2D eigenvalue weighted by Crippen LogP contribution is 2.36. The number of hydrogen-bond donors (Lipinski definition) is 2. The first-order valence-electron chi connectivity index (χ1n) is 21.5. The quantitative estimate of drug-likeness (QED) is 0.174. The molecule has 4 aliphatic heterocycles. The second-order valence-electron chi connectivity index (χ2n) is 16.9. The summed E-state index contributed by atoms with van der Waals surface area (Å²) < 4.78 is 43.5. The second-order valence-corrected chi connectivity index (χ2v) is 16.9. The van der Waals surface area contributed by atoms with E-state index in [-0.39, 0.29) is 47.9 Å². The van der Waals surface area contributed by atoms with Gasteiger partial charge in [0.15, 0.2) is 11.3 Å². The van der Waals surface area contributed by atoms with Crippen molar-refractivity contribution < 1.29 is 32.6 Å². The number of amides is 4. The predicted molar refractivity (Wildman–Crippen MR) is 224 cm³/mol. The Kier molecular flexibility index (Phi) is 11.0. The van der Waals surface area contributed by atoms with Crippen molar-refractivity contribution in [3.05, 3.63) is 72.1 Å². The summed E-state index contributed by atoms with van der Waals surface area (Å²) in [6, 6.07) is 7.41. The van der Waals surface area contributed by atoms with Crippen molar-refractivity contribution in [2.75, 3.05) is 61.1 Å². The van der Waals surface area contributed by atoms with Crippen LogP contribution in [0.2, 0.25) is 0 Å². The number of carbonyl (C=O) groups is 3. The van der Waals surface area contributed by atoms with Gasteiger partial charge in [0.2, 0.25) is 5.91 Å². The number of anilines is 3. The number of nitrogens with one attached hydrogen (secondary N) is 2. The Morgan fingerprint density at radius 3 is 2.66 bits per heavy atom. The first-order valence-corrected chi connectivity index (χ1v) is 21.5. The number of fused-ring (bicyclic) bond motifs is 4. The lowest BCUT2D eigenvalue weighted by molar-refractivity contribution is -0.120. The van der Waals surface area contributed by atoms with E-state index in [2.05, 4.69) is 47.5 Å². The minimum absolute atomic E-state index is 0.000389. The molecule has 2 N–H and O–H groups in total. The minimum Gasteiger partial charge on any atom is -0.374 e. The molecule has 0 unspecified atom stereocenters. The van der Waals surface area contributed by atoms with Gasteiger partial charge in [-0.05, 0) is 69.1 Å². The first kappa shape index (κ1) is 40.1. The maximum atomic E-state index is 14.3. The molecular weight excluding hydrogens is 801 g/mol. The van der Waals surface area contributed by atoms with Gasteiger partial charge >= 0.3 is 6.03 Å². The Morgan fingerprint density at radius 1 is 1.03 bits per heavy atom. The summed E-state index contributed by atoms with van der Waals surface area (Å²) >= 11 is 0. The molecule has 2 bridgehead atoms. The Balaban J connectivity index is 0.683. The van der Waals surface area contributed by atoms with Crippen LogP contribution in [0.5, 0.6) is 0 Å². The highest BCUT2D eigenvalue weighted by molar-refractivity contribution is 6.10. The molecule has 4 amide bonds. The predicted octanol–water partition coefficient (Wildman–Crippen LogP) is 5.35. The highest BCUT2D eigenvalue weighted by atomic mass is 19.3. The Labute approximate surface area is 355 Å². The zero-order chi connectivity index (χ0) is 42.3. The standard InChI is InChI=1S/C44H47F2N11O5/c45-41(46)40-36(49-43(59)35-21-48-56-16-11-38(50-42(35)56)55-24-33-19-31(55)26-62-33)25-57(52-40)30-6-3-28(4-7-30)23-53-13-9-32(10-14-53)61-17-1-2-27-5-8-34-29(18-27)20-47-22-37(34)54-15-12-39(58)51-44(54)60/h5,8,11,16,18,20-22,25,28,30-33,41H,3-4,6-7,9-10,12-15,17,19,23-24,26H2,(H,49,59)(H,51,58,60)/t28?,30?,31-,33-/m1/s1. The number of piperidine rings is 1. The largest absolute Gasteiger partial charge is 0.374 e. The maximum Gasteiger partial charge on any atom is 0.328 e. The second kappa shape index (κ2) is 17.0. The van der Waals surface area contributed by atoms with Gasteiger partial charge in [0.05, 0.1) is 54.7 Å². The number of rotatable bonds is 10. The number of carbonyl (C=O) groups excluding carboxylic acids is 3. The zero-order valence-electron chi connectivity index (χ0n) is 34.1. The van der Waals surface area contributed by atoms with Crippen LogP contribution in [0.25, 0.3) is 16.4 Å². The summed E-state index contributed by atoms with van der Waals surface area (Å²) in [7, 11) is 0. The Morgan fingerprint density at radius 2 is 1.89 bits per heavy atom. The summed E-state index contributed by atoms with van der Waals surface area (Å²) in [4.78, 5) is 52.8. The molecule has 16 nitrogen and oxygen atoms in total. The molecule has 10 rings (SSSR count). The number of hydrogen-bond acceptors (Lipinski definition) is 11. The molecule has 8 heterocycles. The fraction of sp³-hybridized carbons (Fsp3) is 0.477. The van der Waals surface area contributed by atoms with Gasteiger partial charge in [-0.25, -0.2) is 23.1 Å². The molecule has 0 spiro atoms. The van der Waals surface area contributed by atoms with Crippen LogP contribution in [0.3, 0.4) is 0 Å². The summed E-state index contributed by atoms with van der Waals surface area (Å²) in [6.45, 7) is 4.90. The van der Waals surface area contributed by atoms with Crippen LogP contribution in [0, 0.1) is 17.8 Å². The lowest BCUT2D eigenvalue weighted by Crippen LogP contribution is -2.49. The number of benzene rings is 1. The normalized spacial score (nSPS) is 23.3. The van der Waals surface area contributed by atoms with E-state index < -0.39 is 24.1 Å². The average Bonchev–Trinajstić information content (AvgIpc) is 4.11. The number of pyridine rings is 1. The van der Waals surface area contributed by atoms with E-state index in [1.807, 2.05) is 24.3 Å². The van der Waals surface area contributed by atoms with Gasteiger partial charge in [-0.15, -0.1) is 0 Å². The van der Waals surface area contributed by atoms with E-state index in [0.717, 1.165) is 93.3 Å². The smallest absolute Gasteiger partial charge is 0.328 e. The molecule has 18 heteroatoms. The van der Waals surface area contributed by atoms with Gasteiger partial charge in [-0.1, -0.05) is 17.9 Å². The SMILES string of the molecule is O=C1CCN(c2cncc3cc(C#CCOC4CCN(CC5CCC(n6cc(NC(=O)c7cnn8ccc(N9C[C@H]%10C[C@@H]9CO%10)nc78)c(C(F)F)n6)CC5)CC4)ccc23)C(=O)N1. The van der Waals surface area contributed by atoms with Gasteiger partial charge < -0.3 is 24.6 Å². The minimum atomic E-state index is -2.85. The van der Waals surface area contributed by atoms with E-state index in [4.69, 9.17) is 14.5 Å². The van der Waals surface area contributed by atoms with Crippen molar-refractivity contribution in [3.8, 4) is 11.8 Å².